The minimum absolute atomic E-state index is 0.430. The van der Waals surface area contributed by atoms with E-state index in [0.29, 0.717) is 22.0 Å². The van der Waals surface area contributed by atoms with Crippen molar-refractivity contribution in [2.75, 3.05) is 10.6 Å². The Morgan fingerprint density at radius 3 is 2.15 bits per heavy atom. The van der Waals surface area contributed by atoms with Crippen molar-refractivity contribution in [3.63, 3.8) is 0 Å². The van der Waals surface area contributed by atoms with Crippen LogP contribution in [0.5, 0.6) is 0 Å². The maximum atomic E-state index is 12.7. The van der Waals surface area contributed by atoms with Crippen LogP contribution in [0.25, 0.3) is 0 Å². The van der Waals surface area contributed by atoms with E-state index in [1.54, 1.807) is 44.2 Å². The number of halogens is 1. The zero-order valence-electron chi connectivity index (χ0n) is 15.1. The zero-order chi connectivity index (χ0) is 19.5. The predicted octanol–water partition coefficient (Wildman–Crippen LogP) is 4.43. The van der Waals surface area contributed by atoms with Gasteiger partial charge in [-0.3, -0.25) is 9.59 Å². The fraction of sp³-hybridized carbons (Fsp3) is 0.250. The average molecular weight is 370 g/mol. The molecule has 0 radical (unpaired) electrons. The quantitative estimate of drug-likeness (QED) is 0.782. The van der Waals surface area contributed by atoms with Crippen molar-refractivity contribution in [3.8, 4) is 6.07 Å². The second-order valence-electron chi connectivity index (χ2n) is 6.66. The molecule has 134 valence electrons. The summed E-state index contributed by atoms with van der Waals surface area (Å²) >= 11 is 6.23. The number of nitrogens with zero attached hydrogens (tertiary/aromatic N) is 1. The predicted molar refractivity (Wildman–Crippen MR) is 103 cm³/mol. The summed E-state index contributed by atoms with van der Waals surface area (Å²) in [5, 5.41) is 14.7. The topological polar surface area (TPSA) is 82.0 Å². The molecule has 0 saturated carbocycles. The van der Waals surface area contributed by atoms with Gasteiger partial charge in [0.2, 0.25) is 11.8 Å². The van der Waals surface area contributed by atoms with Crippen molar-refractivity contribution in [1.82, 2.24) is 0 Å². The molecule has 26 heavy (non-hydrogen) atoms. The van der Waals surface area contributed by atoms with Crippen molar-refractivity contribution in [2.45, 2.75) is 27.7 Å². The first-order valence-corrected chi connectivity index (χ1v) is 8.42. The summed E-state index contributed by atoms with van der Waals surface area (Å²) in [7, 11) is 0. The van der Waals surface area contributed by atoms with Gasteiger partial charge >= 0.3 is 0 Å². The molecule has 5 nitrogen and oxygen atoms in total. The van der Waals surface area contributed by atoms with Crippen LogP contribution in [0.3, 0.4) is 0 Å². The summed E-state index contributed by atoms with van der Waals surface area (Å²) in [5.74, 6) is -0.918. The third-order valence-corrected chi connectivity index (χ3v) is 4.38. The number of carbonyl (C=O) groups is 2. The van der Waals surface area contributed by atoms with E-state index in [1.807, 2.05) is 26.0 Å². The van der Waals surface area contributed by atoms with Crippen LogP contribution in [0.4, 0.5) is 11.4 Å². The van der Waals surface area contributed by atoms with Crippen LogP contribution in [0.2, 0.25) is 5.02 Å². The lowest BCUT2D eigenvalue weighted by molar-refractivity contribution is -0.135. The maximum Gasteiger partial charge on any atom is 0.239 e. The van der Waals surface area contributed by atoms with Crippen molar-refractivity contribution < 1.29 is 9.59 Å². The van der Waals surface area contributed by atoms with Crippen LogP contribution in [0.1, 0.15) is 30.5 Å². The van der Waals surface area contributed by atoms with Crippen molar-refractivity contribution in [2.24, 2.45) is 5.41 Å². The monoisotopic (exact) mass is 369 g/mol. The largest absolute Gasteiger partial charge is 0.325 e. The minimum Gasteiger partial charge on any atom is -0.325 e. The molecule has 0 bridgehead atoms. The van der Waals surface area contributed by atoms with Gasteiger partial charge in [0.15, 0.2) is 0 Å². The number of hydrogen-bond acceptors (Lipinski definition) is 3. The van der Waals surface area contributed by atoms with Gasteiger partial charge in [0.25, 0.3) is 0 Å². The van der Waals surface area contributed by atoms with E-state index in [4.69, 9.17) is 16.9 Å². The number of carbonyl (C=O) groups excluding carboxylic acids is 2. The number of nitrogens with one attached hydrogen (secondary N) is 2. The molecule has 0 fully saturated rings. The first-order valence-electron chi connectivity index (χ1n) is 8.05. The highest BCUT2D eigenvalue weighted by Gasteiger charge is 2.36. The van der Waals surface area contributed by atoms with Crippen LogP contribution in [-0.2, 0) is 9.59 Å². The molecule has 0 aliphatic carbocycles. The molecule has 2 aromatic rings. The van der Waals surface area contributed by atoms with Gasteiger partial charge in [0.1, 0.15) is 5.41 Å². The number of aryl methyl sites for hydroxylation is 2. The standard InChI is InChI=1S/C20H20ClN3O2/c1-12-9-13(2)17(16(21)10-12)24-19(26)20(3,4)18(25)23-15-7-5-14(11-22)6-8-15/h5-10H,1-4H3,(H,23,25)(H,24,26). The molecule has 2 rings (SSSR count). The van der Waals surface area contributed by atoms with Gasteiger partial charge in [-0.25, -0.2) is 0 Å². The van der Waals surface area contributed by atoms with Gasteiger partial charge in [-0.05, 0) is 69.2 Å². The molecule has 0 atom stereocenters. The van der Waals surface area contributed by atoms with E-state index < -0.39 is 17.2 Å². The number of nitriles is 1. The molecule has 0 spiro atoms. The van der Waals surface area contributed by atoms with E-state index in [1.165, 1.54) is 0 Å². The van der Waals surface area contributed by atoms with Gasteiger partial charge < -0.3 is 10.6 Å². The molecular weight excluding hydrogens is 350 g/mol. The summed E-state index contributed by atoms with van der Waals surface area (Å²) < 4.78 is 0. The van der Waals surface area contributed by atoms with E-state index in [-0.39, 0.29) is 0 Å². The fourth-order valence-electron chi connectivity index (χ4n) is 2.36. The number of amides is 2. The Bertz CT molecular complexity index is 873. The molecule has 0 heterocycles. The smallest absolute Gasteiger partial charge is 0.239 e. The Labute approximate surface area is 158 Å². The highest BCUT2D eigenvalue weighted by Crippen LogP contribution is 2.30. The average Bonchev–Trinajstić information content (AvgIpc) is 2.58. The molecule has 2 N–H and O–H groups in total. The number of anilines is 2. The number of benzene rings is 2. The van der Waals surface area contributed by atoms with Gasteiger partial charge in [0.05, 0.1) is 22.3 Å². The summed E-state index contributed by atoms with van der Waals surface area (Å²) in [6.45, 7) is 6.84. The fourth-order valence-corrected chi connectivity index (χ4v) is 2.73. The molecule has 2 aromatic carbocycles. The first-order chi connectivity index (χ1) is 12.1. The van der Waals surface area contributed by atoms with Gasteiger partial charge in [-0.1, -0.05) is 17.7 Å². The summed E-state index contributed by atoms with van der Waals surface area (Å²) in [6.07, 6.45) is 0. The lowest BCUT2D eigenvalue weighted by Crippen LogP contribution is -2.41. The Balaban J connectivity index is 2.16. The molecular formula is C20H20ClN3O2. The van der Waals surface area contributed by atoms with Crippen LogP contribution < -0.4 is 10.6 Å². The van der Waals surface area contributed by atoms with Crippen LogP contribution in [0, 0.1) is 30.6 Å². The molecule has 0 aliphatic heterocycles. The SMILES string of the molecule is Cc1cc(C)c(NC(=O)C(C)(C)C(=O)Nc2ccc(C#N)cc2)c(Cl)c1. The Kier molecular flexibility index (Phi) is 5.69. The Hall–Kier alpha value is -2.84. The molecule has 2 amide bonds. The molecule has 0 aromatic heterocycles. The van der Waals surface area contributed by atoms with E-state index in [0.717, 1.165) is 11.1 Å². The summed E-state index contributed by atoms with van der Waals surface area (Å²) in [4.78, 5) is 25.3. The van der Waals surface area contributed by atoms with E-state index in [2.05, 4.69) is 10.6 Å². The molecule has 0 unspecified atom stereocenters. The lowest BCUT2D eigenvalue weighted by Gasteiger charge is -2.24. The van der Waals surface area contributed by atoms with Crippen LogP contribution in [0.15, 0.2) is 36.4 Å². The number of hydrogen-bond donors (Lipinski definition) is 2. The van der Waals surface area contributed by atoms with Gasteiger partial charge in [0, 0.05) is 5.69 Å². The molecule has 6 heteroatoms. The van der Waals surface area contributed by atoms with Gasteiger partial charge in [-0.15, -0.1) is 0 Å². The Morgan fingerprint density at radius 1 is 1.04 bits per heavy atom. The zero-order valence-corrected chi connectivity index (χ0v) is 15.9. The Morgan fingerprint density at radius 2 is 1.62 bits per heavy atom. The highest BCUT2D eigenvalue weighted by molar-refractivity contribution is 6.34. The number of rotatable bonds is 4. The highest BCUT2D eigenvalue weighted by atomic mass is 35.5. The normalized spacial score (nSPS) is 10.8. The first kappa shape index (κ1) is 19.5. The van der Waals surface area contributed by atoms with Crippen LogP contribution in [-0.4, -0.2) is 11.8 Å². The maximum absolute atomic E-state index is 12.7. The second-order valence-corrected chi connectivity index (χ2v) is 7.07. The van der Waals surface area contributed by atoms with E-state index >= 15 is 0 Å². The van der Waals surface area contributed by atoms with Crippen molar-refractivity contribution in [1.29, 1.82) is 5.26 Å². The summed E-state index contributed by atoms with van der Waals surface area (Å²) in [5.41, 5.74) is 1.99. The molecule has 0 saturated heterocycles. The molecule has 0 aliphatic rings. The third-order valence-electron chi connectivity index (χ3n) is 4.08. The van der Waals surface area contributed by atoms with Crippen molar-refractivity contribution >= 4 is 34.8 Å². The van der Waals surface area contributed by atoms with Crippen molar-refractivity contribution in [3.05, 3.63) is 58.1 Å². The summed E-state index contributed by atoms with van der Waals surface area (Å²) in [6, 6.07) is 12.1. The lowest BCUT2D eigenvalue weighted by atomic mass is 9.90. The van der Waals surface area contributed by atoms with Crippen LogP contribution >= 0.6 is 11.6 Å². The third kappa shape index (κ3) is 4.22. The van der Waals surface area contributed by atoms with E-state index in [9.17, 15) is 9.59 Å². The van der Waals surface area contributed by atoms with Gasteiger partial charge in [-0.2, -0.15) is 5.26 Å². The second kappa shape index (κ2) is 7.59. The minimum atomic E-state index is -1.32.